The van der Waals surface area contributed by atoms with E-state index >= 15 is 0 Å². The van der Waals surface area contributed by atoms with Crippen molar-refractivity contribution in [2.75, 3.05) is 31.0 Å². The van der Waals surface area contributed by atoms with Gasteiger partial charge in [0.2, 0.25) is 0 Å². The highest BCUT2D eigenvalue weighted by Gasteiger charge is 2.25. The zero-order valence-electron chi connectivity index (χ0n) is 15.4. The summed E-state index contributed by atoms with van der Waals surface area (Å²) in [6.07, 6.45) is 2.83. The molecule has 1 saturated heterocycles. The van der Waals surface area contributed by atoms with E-state index in [2.05, 4.69) is 4.72 Å². The van der Waals surface area contributed by atoms with Crippen LogP contribution in [0.2, 0.25) is 0 Å². The number of rotatable bonds is 4. The molecule has 2 aromatic carbocycles. The molecule has 1 heterocycles. The lowest BCUT2D eigenvalue weighted by Gasteiger charge is -2.27. The van der Waals surface area contributed by atoms with Crippen molar-refractivity contribution in [2.45, 2.75) is 12.8 Å². The van der Waals surface area contributed by atoms with Crippen molar-refractivity contribution in [3.8, 4) is 0 Å². The molecule has 6 nitrogen and oxygen atoms in total. The Balaban J connectivity index is 1.61. The second-order valence-corrected chi connectivity index (χ2v) is 8.60. The van der Waals surface area contributed by atoms with Crippen LogP contribution in [0.5, 0.6) is 0 Å². The van der Waals surface area contributed by atoms with Crippen LogP contribution in [-0.2, 0) is 21.2 Å². The molecule has 0 saturated carbocycles. The molecule has 1 fully saturated rings. The number of benzene rings is 2. The number of carbonyl (C=O) groups is 1. The molecule has 2 aromatic rings. The predicted molar refractivity (Wildman–Crippen MR) is 108 cm³/mol. The minimum absolute atomic E-state index is 0.190. The average molecular weight is 398 g/mol. The fraction of sp³-hybridized carbons (Fsp3) is 0.286. The predicted octanol–water partition coefficient (Wildman–Crippen LogP) is 2.89. The normalized spacial score (nSPS) is 16.9. The van der Waals surface area contributed by atoms with Crippen molar-refractivity contribution in [1.82, 2.24) is 4.90 Å². The van der Waals surface area contributed by atoms with Gasteiger partial charge in [0.05, 0.1) is 29.4 Å². The van der Waals surface area contributed by atoms with E-state index in [9.17, 15) is 13.2 Å². The van der Waals surface area contributed by atoms with E-state index in [4.69, 9.17) is 4.74 Å². The number of anilines is 1. The number of sulfonamides is 1. The molecule has 0 atom stereocenters. The quantitative estimate of drug-likeness (QED) is 0.859. The highest BCUT2D eigenvalue weighted by atomic mass is 32.2. The molecule has 0 spiro atoms. The van der Waals surface area contributed by atoms with Crippen LogP contribution in [0, 0.1) is 0 Å². The number of nitrogens with one attached hydrogen (secondary N) is 1. The Labute approximate surface area is 164 Å². The first kappa shape index (κ1) is 18.7. The van der Waals surface area contributed by atoms with Gasteiger partial charge in [-0.25, -0.2) is 8.42 Å². The zero-order valence-corrected chi connectivity index (χ0v) is 16.2. The van der Waals surface area contributed by atoms with Crippen LogP contribution in [-0.4, -0.2) is 45.5 Å². The number of morpholine rings is 1. The van der Waals surface area contributed by atoms with Crippen LogP contribution in [0.15, 0.2) is 53.4 Å². The lowest BCUT2D eigenvalue weighted by Crippen LogP contribution is -2.41. The van der Waals surface area contributed by atoms with Gasteiger partial charge in [0, 0.05) is 13.1 Å². The molecule has 28 heavy (non-hydrogen) atoms. The van der Waals surface area contributed by atoms with E-state index in [1.165, 1.54) is 0 Å². The number of para-hydroxylation sites is 1. The van der Waals surface area contributed by atoms with E-state index in [1.54, 1.807) is 35.2 Å². The van der Waals surface area contributed by atoms with Gasteiger partial charge in [0.1, 0.15) is 0 Å². The molecule has 7 heteroatoms. The van der Waals surface area contributed by atoms with Gasteiger partial charge in [0.15, 0.2) is 0 Å². The molecule has 4 rings (SSSR count). The third kappa shape index (κ3) is 3.81. The molecule has 0 unspecified atom stereocenters. The van der Waals surface area contributed by atoms with Crippen LogP contribution in [0.3, 0.4) is 0 Å². The molecule has 0 bridgehead atoms. The van der Waals surface area contributed by atoms with Crippen molar-refractivity contribution in [1.29, 1.82) is 0 Å². The summed E-state index contributed by atoms with van der Waals surface area (Å²) >= 11 is 0. The van der Waals surface area contributed by atoms with Crippen molar-refractivity contribution in [2.24, 2.45) is 0 Å². The van der Waals surface area contributed by atoms with E-state index < -0.39 is 10.0 Å². The fourth-order valence-electron chi connectivity index (χ4n) is 3.52. The lowest BCUT2D eigenvalue weighted by molar-refractivity contribution is 0.0303. The summed E-state index contributed by atoms with van der Waals surface area (Å²) in [5, 5.41) is 0. The smallest absolute Gasteiger partial charge is 0.258 e. The Morgan fingerprint density at radius 1 is 0.964 bits per heavy atom. The average Bonchev–Trinajstić information content (AvgIpc) is 2.73. The van der Waals surface area contributed by atoms with E-state index in [0.29, 0.717) is 55.3 Å². The summed E-state index contributed by atoms with van der Waals surface area (Å²) in [4.78, 5) is 14.9. The Morgan fingerprint density at radius 2 is 1.68 bits per heavy atom. The summed E-state index contributed by atoms with van der Waals surface area (Å²) in [6, 6.07) is 14.5. The minimum Gasteiger partial charge on any atom is -0.378 e. The van der Waals surface area contributed by atoms with Gasteiger partial charge in [-0.05, 0) is 42.2 Å². The van der Waals surface area contributed by atoms with Gasteiger partial charge < -0.3 is 9.64 Å². The van der Waals surface area contributed by atoms with E-state index in [0.717, 1.165) is 11.1 Å². The van der Waals surface area contributed by atoms with Crippen molar-refractivity contribution >= 4 is 27.7 Å². The monoisotopic (exact) mass is 398 g/mol. The maximum absolute atomic E-state index is 13.0. The summed E-state index contributed by atoms with van der Waals surface area (Å²) in [6.45, 7) is 1.99. The van der Waals surface area contributed by atoms with Crippen molar-refractivity contribution in [3.63, 3.8) is 0 Å². The molecule has 1 N–H and O–H groups in total. The first-order chi connectivity index (χ1) is 13.5. The number of amides is 1. The maximum Gasteiger partial charge on any atom is 0.258 e. The van der Waals surface area contributed by atoms with Crippen LogP contribution >= 0.6 is 0 Å². The number of allylic oxidation sites excluding steroid dienone is 1. The van der Waals surface area contributed by atoms with Crippen LogP contribution in [0.1, 0.15) is 27.9 Å². The number of aryl methyl sites for hydroxylation is 1. The number of ether oxygens (including phenoxy) is 1. The first-order valence-corrected chi connectivity index (χ1v) is 10.8. The third-order valence-electron chi connectivity index (χ3n) is 5.06. The molecule has 1 aliphatic heterocycles. The van der Waals surface area contributed by atoms with Gasteiger partial charge >= 0.3 is 0 Å². The number of nitrogens with zero attached hydrogens (tertiary/aromatic N) is 1. The van der Waals surface area contributed by atoms with Crippen LogP contribution < -0.4 is 4.72 Å². The standard InChI is InChI=1S/C21H22N2O4S/c24-21(23-11-13-27-14-12-23)19-7-3-4-8-20(19)22-28(25,26)18-10-9-16-5-1-2-6-17(16)15-18/h1-8,15,22H,9-14H2. The number of hydrogen-bond donors (Lipinski definition) is 1. The van der Waals surface area contributed by atoms with Gasteiger partial charge in [-0.1, -0.05) is 36.4 Å². The number of hydrogen-bond acceptors (Lipinski definition) is 4. The number of fused-ring (bicyclic) bond motifs is 1. The summed E-state index contributed by atoms with van der Waals surface area (Å²) < 4.78 is 33.9. The zero-order chi connectivity index (χ0) is 19.6. The molecule has 1 amide bonds. The molecule has 1 aliphatic carbocycles. The van der Waals surface area contributed by atoms with Crippen LogP contribution in [0.25, 0.3) is 6.08 Å². The molecule has 2 aliphatic rings. The summed E-state index contributed by atoms with van der Waals surface area (Å²) in [7, 11) is -3.75. The number of carbonyl (C=O) groups excluding carboxylic acids is 1. The van der Waals surface area contributed by atoms with E-state index in [-0.39, 0.29) is 5.91 Å². The summed E-state index contributed by atoms with van der Waals surface area (Å²) in [5.74, 6) is -0.190. The third-order valence-corrected chi connectivity index (χ3v) is 6.56. The molecular weight excluding hydrogens is 376 g/mol. The Kier molecular flexibility index (Phi) is 5.19. The van der Waals surface area contributed by atoms with Crippen molar-refractivity contribution < 1.29 is 17.9 Å². The largest absolute Gasteiger partial charge is 0.378 e. The topological polar surface area (TPSA) is 75.7 Å². The van der Waals surface area contributed by atoms with E-state index in [1.807, 2.05) is 24.3 Å². The summed E-state index contributed by atoms with van der Waals surface area (Å²) in [5.41, 5.74) is 2.72. The molecule has 0 aromatic heterocycles. The minimum atomic E-state index is -3.75. The van der Waals surface area contributed by atoms with Gasteiger partial charge in [-0.2, -0.15) is 0 Å². The Hall–Kier alpha value is -2.64. The van der Waals surface area contributed by atoms with Gasteiger partial charge in [0.25, 0.3) is 15.9 Å². The fourth-order valence-corrected chi connectivity index (χ4v) is 4.78. The highest BCUT2D eigenvalue weighted by molar-refractivity contribution is 7.96. The van der Waals surface area contributed by atoms with Gasteiger partial charge in [-0.15, -0.1) is 0 Å². The molecular formula is C21H22N2O4S. The molecule has 0 radical (unpaired) electrons. The second kappa shape index (κ2) is 7.77. The highest BCUT2D eigenvalue weighted by Crippen LogP contribution is 2.29. The van der Waals surface area contributed by atoms with Crippen molar-refractivity contribution in [3.05, 3.63) is 70.1 Å². The van der Waals surface area contributed by atoms with Crippen LogP contribution in [0.4, 0.5) is 5.69 Å². The molecule has 146 valence electrons. The Morgan fingerprint density at radius 3 is 2.50 bits per heavy atom. The Bertz CT molecular complexity index is 1020. The lowest BCUT2D eigenvalue weighted by atomic mass is 9.98. The second-order valence-electron chi connectivity index (χ2n) is 6.87. The SMILES string of the molecule is O=C(c1ccccc1NS(=O)(=O)C1=Cc2ccccc2CC1)N1CCOCC1. The van der Waals surface area contributed by atoms with Gasteiger partial charge in [-0.3, -0.25) is 9.52 Å². The maximum atomic E-state index is 13.0. The first-order valence-electron chi connectivity index (χ1n) is 9.32.